The van der Waals surface area contributed by atoms with Crippen LogP contribution in [0.4, 0.5) is 5.69 Å². The fraction of sp³-hybridized carbons (Fsp3) is 0.133. The van der Waals surface area contributed by atoms with E-state index in [1.165, 1.54) is 6.07 Å². The Morgan fingerprint density at radius 1 is 1.29 bits per heavy atom. The van der Waals surface area contributed by atoms with Crippen LogP contribution in [0.15, 0.2) is 46.9 Å². The van der Waals surface area contributed by atoms with Crippen molar-refractivity contribution >= 4 is 16.8 Å². The first-order valence-electron chi connectivity index (χ1n) is 6.36. The minimum atomic E-state index is -0.471. The smallest absolute Gasteiger partial charge is 0.310 e. The van der Waals surface area contributed by atoms with Crippen molar-refractivity contribution in [3.8, 4) is 5.75 Å². The minimum Gasteiger partial charge on any atom is -0.477 e. The normalized spacial score (nSPS) is 10.7. The summed E-state index contributed by atoms with van der Waals surface area (Å²) in [5.74, 6) is 0.592. The molecule has 1 aromatic heterocycles. The Bertz CT molecular complexity index is 777. The Balaban J connectivity index is 1.84. The Kier molecular flexibility index (Phi) is 3.27. The number of nitro benzene ring substituents is 1. The zero-order chi connectivity index (χ0) is 14.8. The van der Waals surface area contributed by atoms with Crippen LogP contribution < -0.4 is 4.74 Å². The topological polar surface area (TPSA) is 78.4 Å². The molecular formula is C15H12N2O4. The number of para-hydroxylation sites is 2. The Morgan fingerprint density at radius 2 is 2.10 bits per heavy atom. The lowest BCUT2D eigenvalue weighted by Gasteiger charge is -2.05. The van der Waals surface area contributed by atoms with Crippen LogP contribution in [0.2, 0.25) is 0 Å². The van der Waals surface area contributed by atoms with Crippen LogP contribution in [0.5, 0.6) is 5.75 Å². The van der Waals surface area contributed by atoms with Gasteiger partial charge in [0.1, 0.15) is 5.52 Å². The molecule has 0 aliphatic rings. The molecule has 0 aliphatic heterocycles. The maximum atomic E-state index is 11.0. The number of fused-ring (bicyclic) bond motifs is 1. The van der Waals surface area contributed by atoms with E-state index in [1.54, 1.807) is 18.2 Å². The third-order valence-corrected chi connectivity index (χ3v) is 3.00. The maximum absolute atomic E-state index is 11.0. The largest absolute Gasteiger partial charge is 0.477 e. The van der Waals surface area contributed by atoms with E-state index in [1.807, 2.05) is 25.1 Å². The second kappa shape index (κ2) is 5.24. The van der Waals surface area contributed by atoms with E-state index >= 15 is 0 Å². The molecule has 2 aromatic carbocycles. The highest BCUT2D eigenvalue weighted by molar-refractivity contribution is 5.72. The summed E-state index contributed by atoms with van der Waals surface area (Å²) in [5, 5.41) is 11.0. The first-order chi connectivity index (χ1) is 10.1. The summed E-state index contributed by atoms with van der Waals surface area (Å²) in [6.07, 6.45) is 0. The molecule has 3 rings (SSSR count). The SMILES string of the molecule is Cc1ccc([N+](=O)[O-])c(OCc2nc3ccccc3o2)c1. The van der Waals surface area contributed by atoms with Crippen molar-refractivity contribution in [2.24, 2.45) is 0 Å². The van der Waals surface area contributed by atoms with Crippen LogP contribution in [-0.2, 0) is 6.61 Å². The van der Waals surface area contributed by atoms with Crippen molar-refractivity contribution in [3.63, 3.8) is 0 Å². The minimum absolute atomic E-state index is 0.0406. The van der Waals surface area contributed by atoms with Crippen LogP contribution in [0.3, 0.4) is 0 Å². The van der Waals surface area contributed by atoms with Crippen LogP contribution in [0.25, 0.3) is 11.1 Å². The van der Waals surface area contributed by atoms with Gasteiger partial charge in [0, 0.05) is 6.07 Å². The van der Waals surface area contributed by atoms with Gasteiger partial charge in [0.15, 0.2) is 17.9 Å². The molecule has 21 heavy (non-hydrogen) atoms. The number of ether oxygens (including phenoxy) is 1. The number of benzene rings is 2. The first kappa shape index (κ1) is 13.1. The lowest BCUT2D eigenvalue weighted by atomic mass is 10.2. The molecular weight excluding hydrogens is 272 g/mol. The molecule has 0 saturated carbocycles. The number of aryl methyl sites for hydroxylation is 1. The molecule has 0 amide bonds. The Morgan fingerprint density at radius 3 is 2.86 bits per heavy atom. The molecule has 0 atom stereocenters. The van der Waals surface area contributed by atoms with Crippen molar-refractivity contribution < 1.29 is 14.1 Å². The van der Waals surface area contributed by atoms with Gasteiger partial charge in [-0.1, -0.05) is 18.2 Å². The predicted octanol–water partition coefficient (Wildman–Crippen LogP) is 3.62. The van der Waals surface area contributed by atoms with Gasteiger partial charge < -0.3 is 9.15 Å². The number of hydrogen-bond donors (Lipinski definition) is 0. The molecule has 6 heteroatoms. The molecule has 0 spiro atoms. The summed E-state index contributed by atoms with van der Waals surface area (Å²) in [7, 11) is 0. The summed E-state index contributed by atoms with van der Waals surface area (Å²) in [4.78, 5) is 14.8. The van der Waals surface area contributed by atoms with Crippen molar-refractivity contribution in [1.82, 2.24) is 4.98 Å². The number of oxazole rings is 1. The molecule has 0 fully saturated rings. The van der Waals surface area contributed by atoms with Gasteiger partial charge in [0.25, 0.3) is 0 Å². The summed E-state index contributed by atoms with van der Waals surface area (Å²) >= 11 is 0. The average molecular weight is 284 g/mol. The lowest BCUT2D eigenvalue weighted by molar-refractivity contribution is -0.386. The van der Waals surface area contributed by atoms with Gasteiger partial charge in [-0.15, -0.1) is 0 Å². The monoisotopic (exact) mass is 284 g/mol. The number of aromatic nitrogens is 1. The highest BCUT2D eigenvalue weighted by Crippen LogP contribution is 2.28. The highest BCUT2D eigenvalue weighted by atomic mass is 16.6. The van der Waals surface area contributed by atoms with E-state index in [0.717, 1.165) is 11.1 Å². The van der Waals surface area contributed by atoms with Gasteiger partial charge in [0.05, 0.1) is 4.92 Å². The van der Waals surface area contributed by atoms with Crippen LogP contribution in [0.1, 0.15) is 11.5 Å². The van der Waals surface area contributed by atoms with Gasteiger partial charge in [-0.3, -0.25) is 10.1 Å². The van der Waals surface area contributed by atoms with Gasteiger partial charge >= 0.3 is 5.69 Å². The summed E-state index contributed by atoms with van der Waals surface area (Å²) in [5.41, 5.74) is 2.20. The zero-order valence-electron chi connectivity index (χ0n) is 11.3. The van der Waals surface area contributed by atoms with Gasteiger partial charge in [-0.05, 0) is 30.7 Å². The maximum Gasteiger partial charge on any atom is 0.310 e. The molecule has 0 saturated heterocycles. The molecule has 0 unspecified atom stereocenters. The van der Waals surface area contributed by atoms with E-state index in [4.69, 9.17) is 9.15 Å². The standard InChI is InChI=1S/C15H12N2O4/c1-10-6-7-12(17(18)19)14(8-10)20-9-15-16-11-4-2-3-5-13(11)21-15/h2-8H,9H2,1H3. The van der Waals surface area contributed by atoms with Crippen molar-refractivity contribution in [2.75, 3.05) is 0 Å². The first-order valence-corrected chi connectivity index (χ1v) is 6.36. The lowest BCUT2D eigenvalue weighted by Crippen LogP contribution is -1.99. The molecule has 0 aliphatic carbocycles. The summed E-state index contributed by atoms with van der Waals surface area (Å²) in [6, 6.07) is 12.1. The molecule has 0 N–H and O–H groups in total. The van der Waals surface area contributed by atoms with Crippen molar-refractivity contribution in [1.29, 1.82) is 0 Å². The van der Waals surface area contributed by atoms with E-state index in [2.05, 4.69) is 4.98 Å². The second-order valence-electron chi connectivity index (χ2n) is 4.59. The number of hydrogen-bond acceptors (Lipinski definition) is 5. The van der Waals surface area contributed by atoms with Crippen LogP contribution in [-0.4, -0.2) is 9.91 Å². The third-order valence-electron chi connectivity index (χ3n) is 3.00. The molecule has 3 aromatic rings. The van der Waals surface area contributed by atoms with Gasteiger partial charge in [0.2, 0.25) is 5.89 Å². The Labute approximate surface area is 120 Å². The Hall–Kier alpha value is -2.89. The molecule has 106 valence electrons. The van der Waals surface area contributed by atoms with E-state index in [-0.39, 0.29) is 18.0 Å². The van der Waals surface area contributed by atoms with Crippen LogP contribution in [0, 0.1) is 17.0 Å². The zero-order valence-corrected chi connectivity index (χ0v) is 11.3. The molecule has 1 heterocycles. The molecule has 0 bridgehead atoms. The number of rotatable bonds is 4. The molecule has 0 radical (unpaired) electrons. The van der Waals surface area contributed by atoms with Crippen molar-refractivity contribution in [3.05, 3.63) is 64.0 Å². The fourth-order valence-corrected chi connectivity index (χ4v) is 2.01. The van der Waals surface area contributed by atoms with Crippen LogP contribution >= 0.6 is 0 Å². The fourth-order valence-electron chi connectivity index (χ4n) is 2.01. The molecule has 6 nitrogen and oxygen atoms in total. The summed E-state index contributed by atoms with van der Waals surface area (Å²) < 4.78 is 11.0. The average Bonchev–Trinajstić information content (AvgIpc) is 2.87. The number of nitro groups is 1. The summed E-state index contributed by atoms with van der Waals surface area (Å²) in [6.45, 7) is 1.88. The van der Waals surface area contributed by atoms with Crippen molar-refractivity contribution in [2.45, 2.75) is 13.5 Å². The highest BCUT2D eigenvalue weighted by Gasteiger charge is 2.16. The second-order valence-corrected chi connectivity index (χ2v) is 4.59. The predicted molar refractivity (Wildman–Crippen MR) is 76.2 cm³/mol. The van der Waals surface area contributed by atoms with Gasteiger partial charge in [-0.2, -0.15) is 0 Å². The quantitative estimate of drug-likeness (QED) is 0.540. The van der Waals surface area contributed by atoms with E-state index < -0.39 is 4.92 Å². The van der Waals surface area contributed by atoms with E-state index in [0.29, 0.717) is 11.5 Å². The van der Waals surface area contributed by atoms with Gasteiger partial charge in [-0.25, -0.2) is 4.98 Å². The van der Waals surface area contributed by atoms with E-state index in [9.17, 15) is 10.1 Å². The third kappa shape index (κ3) is 2.69. The number of nitrogens with zero attached hydrogens (tertiary/aromatic N) is 2.